The standard InChI is InChI=1S/C12H11N3O/c1-8-3-5-10(6-4-8)12-13-7-11(9(2)16)14-15-12/h3-7H,1-2H3. The molecule has 0 aliphatic rings. The molecule has 0 N–H and O–H groups in total. The molecule has 1 aromatic carbocycles. The maximum atomic E-state index is 11.0. The molecule has 0 unspecified atom stereocenters. The van der Waals surface area contributed by atoms with Crippen molar-refractivity contribution in [2.24, 2.45) is 0 Å². The number of carbonyl (C=O) groups is 1. The zero-order valence-corrected chi connectivity index (χ0v) is 9.14. The number of aryl methyl sites for hydroxylation is 1. The number of nitrogens with zero attached hydrogens (tertiary/aromatic N) is 3. The van der Waals surface area contributed by atoms with E-state index in [-0.39, 0.29) is 11.5 Å². The van der Waals surface area contributed by atoms with E-state index in [1.807, 2.05) is 31.2 Å². The Hall–Kier alpha value is -2.10. The Morgan fingerprint density at radius 2 is 1.81 bits per heavy atom. The fourth-order valence-electron chi connectivity index (χ4n) is 1.27. The van der Waals surface area contributed by atoms with E-state index in [2.05, 4.69) is 15.2 Å². The Morgan fingerprint density at radius 1 is 1.12 bits per heavy atom. The van der Waals surface area contributed by atoms with Gasteiger partial charge in [-0.1, -0.05) is 29.8 Å². The van der Waals surface area contributed by atoms with Gasteiger partial charge in [0.05, 0.1) is 6.20 Å². The summed E-state index contributed by atoms with van der Waals surface area (Å²) in [6.45, 7) is 3.46. The summed E-state index contributed by atoms with van der Waals surface area (Å²) in [5.74, 6) is 0.403. The van der Waals surface area contributed by atoms with Gasteiger partial charge >= 0.3 is 0 Å². The van der Waals surface area contributed by atoms with E-state index >= 15 is 0 Å². The highest BCUT2D eigenvalue weighted by atomic mass is 16.1. The zero-order chi connectivity index (χ0) is 11.5. The van der Waals surface area contributed by atoms with Gasteiger partial charge in [-0.15, -0.1) is 10.2 Å². The maximum Gasteiger partial charge on any atom is 0.181 e. The van der Waals surface area contributed by atoms with E-state index in [9.17, 15) is 4.79 Å². The Kier molecular flexibility index (Phi) is 2.72. The van der Waals surface area contributed by atoms with E-state index in [1.165, 1.54) is 18.7 Å². The molecule has 0 atom stereocenters. The predicted molar refractivity (Wildman–Crippen MR) is 60.0 cm³/mol. The van der Waals surface area contributed by atoms with Crippen LogP contribution >= 0.6 is 0 Å². The molecular formula is C12H11N3O. The van der Waals surface area contributed by atoms with Gasteiger partial charge in [0.25, 0.3) is 0 Å². The van der Waals surface area contributed by atoms with E-state index in [4.69, 9.17) is 0 Å². The summed E-state index contributed by atoms with van der Waals surface area (Å²) in [7, 11) is 0. The van der Waals surface area contributed by atoms with Gasteiger partial charge in [0, 0.05) is 12.5 Å². The van der Waals surface area contributed by atoms with E-state index in [0.717, 1.165) is 5.56 Å². The van der Waals surface area contributed by atoms with Crippen LogP contribution in [0.4, 0.5) is 0 Å². The topological polar surface area (TPSA) is 55.7 Å². The highest BCUT2D eigenvalue weighted by Crippen LogP contribution is 2.13. The molecule has 4 heteroatoms. The van der Waals surface area contributed by atoms with Crippen molar-refractivity contribution >= 4 is 5.78 Å². The fourth-order valence-corrected chi connectivity index (χ4v) is 1.27. The van der Waals surface area contributed by atoms with Gasteiger partial charge in [-0.3, -0.25) is 4.79 Å². The minimum Gasteiger partial charge on any atom is -0.293 e. The molecule has 0 amide bonds. The van der Waals surface area contributed by atoms with Gasteiger partial charge in [-0.2, -0.15) is 0 Å². The highest BCUT2D eigenvalue weighted by molar-refractivity contribution is 5.91. The molecule has 2 rings (SSSR count). The lowest BCUT2D eigenvalue weighted by Gasteiger charge is -1.99. The average molecular weight is 213 g/mol. The second-order valence-electron chi connectivity index (χ2n) is 3.59. The fraction of sp³-hybridized carbons (Fsp3) is 0.167. The van der Waals surface area contributed by atoms with Crippen LogP contribution in [-0.2, 0) is 0 Å². The lowest BCUT2D eigenvalue weighted by atomic mass is 10.1. The molecule has 0 aliphatic carbocycles. The average Bonchev–Trinajstić information content (AvgIpc) is 2.30. The highest BCUT2D eigenvalue weighted by Gasteiger charge is 2.05. The van der Waals surface area contributed by atoms with Gasteiger partial charge in [0.1, 0.15) is 5.69 Å². The molecule has 0 aliphatic heterocycles. The summed E-state index contributed by atoms with van der Waals surface area (Å²) in [4.78, 5) is 15.1. The largest absolute Gasteiger partial charge is 0.293 e. The number of benzene rings is 1. The maximum absolute atomic E-state index is 11.0. The molecule has 1 heterocycles. The number of Topliss-reactive ketones (excluding diaryl/α,β-unsaturated/α-hetero) is 1. The first-order valence-electron chi connectivity index (χ1n) is 4.94. The van der Waals surface area contributed by atoms with Crippen molar-refractivity contribution in [2.45, 2.75) is 13.8 Å². The van der Waals surface area contributed by atoms with Crippen LogP contribution in [0, 0.1) is 6.92 Å². The lowest BCUT2D eigenvalue weighted by molar-refractivity contribution is 0.101. The molecule has 0 saturated heterocycles. The zero-order valence-electron chi connectivity index (χ0n) is 9.14. The lowest BCUT2D eigenvalue weighted by Crippen LogP contribution is -2.01. The van der Waals surface area contributed by atoms with Crippen LogP contribution < -0.4 is 0 Å². The van der Waals surface area contributed by atoms with Crippen molar-refractivity contribution < 1.29 is 4.79 Å². The third-order valence-electron chi connectivity index (χ3n) is 2.23. The Labute approximate surface area is 93.4 Å². The number of hydrogen-bond acceptors (Lipinski definition) is 4. The third kappa shape index (κ3) is 2.11. The molecule has 0 bridgehead atoms. The normalized spacial score (nSPS) is 10.1. The number of ketones is 1. The van der Waals surface area contributed by atoms with E-state index in [1.54, 1.807) is 0 Å². The van der Waals surface area contributed by atoms with Gasteiger partial charge in [-0.25, -0.2) is 4.98 Å². The van der Waals surface area contributed by atoms with Crippen LogP contribution in [0.2, 0.25) is 0 Å². The van der Waals surface area contributed by atoms with Crippen molar-refractivity contribution in [3.63, 3.8) is 0 Å². The Bertz CT molecular complexity index is 503. The second-order valence-corrected chi connectivity index (χ2v) is 3.59. The molecule has 0 radical (unpaired) electrons. The molecule has 80 valence electrons. The van der Waals surface area contributed by atoms with Crippen molar-refractivity contribution in [1.82, 2.24) is 15.2 Å². The van der Waals surface area contributed by atoms with Crippen LogP contribution in [-0.4, -0.2) is 21.0 Å². The van der Waals surface area contributed by atoms with Crippen LogP contribution in [0.1, 0.15) is 23.0 Å². The van der Waals surface area contributed by atoms with Crippen molar-refractivity contribution in [3.8, 4) is 11.4 Å². The van der Waals surface area contributed by atoms with Gasteiger partial charge in [0.15, 0.2) is 11.6 Å². The van der Waals surface area contributed by atoms with Gasteiger partial charge < -0.3 is 0 Å². The molecule has 0 saturated carbocycles. The SMILES string of the molecule is CC(=O)c1cnc(-c2ccc(C)cc2)nn1. The monoisotopic (exact) mass is 213 g/mol. The van der Waals surface area contributed by atoms with Crippen LogP contribution in [0.25, 0.3) is 11.4 Å². The predicted octanol–water partition coefficient (Wildman–Crippen LogP) is 2.05. The summed E-state index contributed by atoms with van der Waals surface area (Å²) in [5.41, 5.74) is 2.36. The second kappa shape index (κ2) is 4.18. The first kappa shape index (κ1) is 10.4. The Balaban J connectivity index is 2.34. The molecule has 2 aromatic rings. The third-order valence-corrected chi connectivity index (χ3v) is 2.23. The van der Waals surface area contributed by atoms with E-state index < -0.39 is 0 Å². The van der Waals surface area contributed by atoms with Crippen molar-refractivity contribution in [1.29, 1.82) is 0 Å². The first-order chi connectivity index (χ1) is 7.66. The molecular weight excluding hydrogens is 202 g/mol. The summed E-state index contributed by atoms with van der Waals surface area (Å²) in [6.07, 6.45) is 1.45. The minimum absolute atomic E-state index is 0.129. The van der Waals surface area contributed by atoms with Crippen molar-refractivity contribution in [2.75, 3.05) is 0 Å². The summed E-state index contributed by atoms with van der Waals surface area (Å²) in [5, 5.41) is 7.73. The van der Waals surface area contributed by atoms with Gasteiger partial charge in [0.2, 0.25) is 0 Å². The van der Waals surface area contributed by atoms with E-state index in [0.29, 0.717) is 5.82 Å². The molecule has 4 nitrogen and oxygen atoms in total. The summed E-state index contributed by atoms with van der Waals surface area (Å²) < 4.78 is 0. The number of hydrogen-bond donors (Lipinski definition) is 0. The number of rotatable bonds is 2. The molecule has 0 spiro atoms. The quantitative estimate of drug-likeness (QED) is 0.716. The van der Waals surface area contributed by atoms with Crippen molar-refractivity contribution in [3.05, 3.63) is 41.7 Å². The summed E-state index contributed by atoms with van der Waals surface area (Å²) >= 11 is 0. The van der Waals surface area contributed by atoms with Crippen LogP contribution in [0.15, 0.2) is 30.5 Å². The first-order valence-corrected chi connectivity index (χ1v) is 4.94. The molecule has 0 fully saturated rings. The van der Waals surface area contributed by atoms with Crippen LogP contribution in [0.5, 0.6) is 0 Å². The summed E-state index contributed by atoms with van der Waals surface area (Å²) in [6, 6.07) is 7.83. The molecule has 1 aromatic heterocycles. The number of aromatic nitrogens is 3. The smallest absolute Gasteiger partial charge is 0.181 e. The number of carbonyl (C=O) groups excluding carboxylic acids is 1. The van der Waals surface area contributed by atoms with Gasteiger partial charge in [-0.05, 0) is 6.92 Å². The minimum atomic E-state index is -0.129. The Morgan fingerprint density at radius 3 is 2.31 bits per heavy atom. The van der Waals surface area contributed by atoms with Crippen LogP contribution in [0.3, 0.4) is 0 Å². The molecule has 16 heavy (non-hydrogen) atoms.